The summed E-state index contributed by atoms with van der Waals surface area (Å²) in [6.45, 7) is 0. The van der Waals surface area contributed by atoms with E-state index in [-0.39, 0.29) is 0 Å². The highest BCUT2D eigenvalue weighted by Gasteiger charge is 2.38. The summed E-state index contributed by atoms with van der Waals surface area (Å²) in [7, 11) is 0. The fourth-order valence-corrected chi connectivity index (χ4v) is 1.12. The lowest BCUT2D eigenvalue weighted by Crippen LogP contribution is -2.21. The molecule has 20 heavy (non-hydrogen) atoms. The van der Waals surface area contributed by atoms with Crippen molar-refractivity contribution >= 4 is 5.97 Å². The fourth-order valence-electron chi connectivity index (χ4n) is 1.12. The average Bonchev–Trinajstić information content (AvgIpc) is 2.92. The van der Waals surface area contributed by atoms with Gasteiger partial charge in [0.2, 0.25) is 0 Å². The van der Waals surface area contributed by atoms with Gasteiger partial charge >= 0.3 is 12.1 Å². The number of halogens is 3. The molecule has 5 nitrogen and oxygen atoms in total. The molecule has 0 radical (unpaired) electrons. The lowest BCUT2D eigenvalue weighted by Gasteiger charge is -1.99. The Morgan fingerprint density at radius 2 is 1.85 bits per heavy atom. The van der Waals surface area contributed by atoms with Crippen LogP contribution in [0.3, 0.4) is 0 Å². The molecule has 1 N–H and O–H groups in total. The Kier molecular flexibility index (Phi) is 4.86. The first kappa shape index (κ1) is 15.2. The fraction of sp³-hybridized carbons (Fsp3) is 0.0833. The topological polar surface area (TPSA) is 78.9 Å². The van der Waals surface area contributed by atoms with Crippen LogP contribution >= 0.6 is 0 Å². The number of aromatic nitrogens is 2. The summed E-state index contributed by atoms with van der Waals surface area (Å²) in [5.74, 6) is -2.76. The van der Waals surface area contributed by atoms with E-state index < -0.39 is 12.1 Å². The van der Waals surface area contributed by atoms with E-state index in [4.69, 9.17) is 15.2 Å². The largest absolute Gasteiger partial charge is 0.490 e. The standard InChI is InChI=1S/C10H7N3.C2HF3O2/c11-7-9-1-3-10(4-2-9)13-6-5-12-8-13;3-2(4,5)1(6)7/h1-6,8H;(H,6,7). The van der Waals surface area contributed by atoms with Crippen LogP contribution in [0.5, 0.6) is 0 Å². The molecule has 0 aliphatic rings. The van der Waals surface area contributed by atoms with Crippen molar-refractivity contribution in [3.05, 3.63) is 48.5 Å². The first-order valence-corrected chi connectivity index (χ1v) is 5.13. The molecule has 0 fully saturated rings. The van der Waals surface area contributed by atoms with Crippen molar-refractivity contribution in [2.45, 2.75) is 6.18 Å². The molecule has 0 aliphatic carbocycles. The number of carboxylic acids is 1. The van der Waals surface area contributed by atoms with Gasteiger partial charge in [-0.25, -0.2) is 9.78 Å². The predicted molar refractivity (Wildman–Crippen MR) is 62.0 cm³/mol. The van der Waals surface area contributed by atoms with Crippen molar-refractivity contribution in [2.75, 3.05) is 0 Å². The second-order valence-electron chi connectivity index (χ2n) is 3.43. The normalized spacial score (nSPS) is 10.1. The van der Waals surface area contributed by atoms with Crippen LogP contribution in [0.4, 0.5) is 13.2 Å². The number of rotatable bonds is 1. The lowest BCUT2D eigenvalue weighted by atomic mass is 10.2. The van der Waals surface area contributed by atoms with Crippen LogP contribution in [0.15, 0.2) is 43.0 Å². The number of nitrogens with zero attached hydrogens (tertiary/aromatic N) is 3. The zero-order chi connectivity index (χ0) is 15.2. The van der Waals surface area contributed by atoms with E-state index >= 15 is 0 Å². The van der Waals surface area contributed by atoms with Gasteiger partial charge in [0.05, 0.1) is 18.0 Å². The van der Waals surface area contributed by atoms with Crippen LogP contribution in [-0.4, -0.2) is 26.8 Å². The van der Waals surface area contributed by atoms with Crippen LogP contribution < -0.4 is 0 Å². The van der Waals surface area contributed by atoms with Crippen LogP contribution in [0.25, 0.3) is 5.69 Å². The van der Waals surface area contributed by atoms with E-state index in [2.05, 4.69) is 11.1 Å². The summed E-state index contributed by atoms with van der Waals surface area (Å²) in [4.78, 5) is 12.8. The third kappa shape index (κ3) is 4.45. The number of nitriles is 1. The van der Waals surface area contributed by atoms with Crippen molar-refractivity contribution in [2.24, 2.45) is 0 Å². The molecule has 0 unspecified atom stereocenters. The highest BCUT2D eigenvalue weighted by atomic mass is 19.4. The molecule has 2 aromatic rings. The zero-order valence-electron chi connectivity index (χ0n) is 9.87. The quantitative estimate of drug-likeness (QED) is 0.871. The molecule has 0 saturated carbocycles. The van der Waals surface area contributed by atoms with Crippen molar-refractivity contribution in [1.82, 2.24) is 9.55 Å². The minimum Gasteiger partial charge on any atom is -0.475 e. The monoisotopic (exact) mass is 283 g/mol. The van der Waals surface area contributed by atoms with Crippen molar-refractivity contribution in [3.63, 3.8) is 0 Å². The summed E-state index contributed by atoms with van der Waals surface area (Å²) in [6, 6.07) is 9.43. The van der Waals surface area contributed by atoms with Gasteiger partial charge in [0.15, 0.2) is 0 Å². The van der Waals surface area contributed by atoms with Gasteiger partial charge in [0.25, 0.3) is 0 Å². The van der Waals surface area contributed by atoms with Crippen LogP contribution in [-0.2, 0) is 4.79 Å². The number of aliphatic carboxylic acids is 1. The molecule has 1 aromatic carbocycles. The van der Waals surface area contributed by atoms with E-state index in [1.165, 1.54) is 0 Å². The second kappa shape index (κ2) is 6.38. The van der Waals surface area contributed by atoms with Crippen LogP contribution in [0, 0.1) is 11.3 Å². The number of hydrogen-bond acceptors (Lipinski definition) is 3. The van der Waals surface area contributed by atoms with E-state index in [9.17, 15) is 13.2 Å². The molecule has 2 rings (SSSR count). The van der Waals surface area contributed by atoms with Crippen molar-refractivity contribution in [3.8, 4) is 11.8 Å². The Morgan fingerprint density at radius 3 is 2.20 bits per heavy atom. The number of carboxylic acid groups (broad SMARTS) is 1. The summed E-state index contributed by atoms with van der Waals surface area (Å²) >= 11 is 0. The molecule has 1 heterocycles. The number of benzene rings is 1. The molecule has 0 saturated heterocycles. The molecule has 0 spiro atoms. The molecule has 1 aromatic heterocycles. The van der Waals surface area contributed by atoms with E-state index in [1.54, 1.807) is 24.7 Å². The minimum atomic E-state index is -5.08. The van der Waals surface area contributed by atoms with Gasteiger partial charge in [-0.2, -0.15) is 18.4 Å². The van der Waals surface area contributed by atoms with Gasteiger partial charge in [-0.3, -0.25) is 0 Å². The maximum atomic E-state index is 10.6. The first-order chi connectivity index (χ1) is 9.34. The lowest BCUT2D eigenvalue weighted by molar-refractivity contribution is -0.192. The van der Waals surface area contributed by atoms with E-state index in [0.29, 0.717) is 5.56 Å². The molecule has 104 valence electrons. The average molecular weight is 283 g/mol. The van der Waals surface area contributed by atoms with Gasteiger partial charge in [0.1, 0.15) is 0 Å². The molecule has 8 heteroatoms. The van der Waals surface area contributed by atoms with Gasteiger partial charge in [-0.1, -0.05) is 0 Å². The van der Waals surface area contributed by atoms with Crippen molar-refractivity contribution in [1.29, 1.82) is 5.26 Å². The number of imidazole rings is 1. The SMILES string of the molecule is N#Cc1ccc(-n2ccnc2)cc1.O=C(O)C(F)(F)F. The number of carbonyl (C=O) groups is 1. The molecular weight excluding hydrogens is 275 g/mol. The molecule has 0 bridgehead atoms. The molecule has 0 amide bonds. The molecule has 0 atom stereocenters. The van der Waals surface area contributed by atoms with Gasteiger partial charge < -0.3 is 9.67 Å². The maximum absolute atomic E-state index is 10.6. The van der Waals surface area contributed by atoms with Crippen LogP contribution in [0.1, 0.15) is 5.56 Å². The first-order valence-electron chi connectivity index (χ1n) is 5.13. The highest BCUT2D eigenvalue weighted by molar-refractivity contribution is 5.73. The smallest absolute Gasteiger partial charge is 0.475 e. The summed E-state index contributed by atoms with van der Waals surface area (Å²) in [5, 5.41) is 15.7. The van der Waals surface area contributed by atoms with E-state index in [1.807, 2.05) is 22.9 Å². The summed E-state index contributed by atoms with van der Waals surface area (Å²) < 4.78 is 33.6. The Balaban J connectivity index is 0.000000246. The minimum absolute atomic E-state index is 0.670. The predicted octanol–water partition coefficient (Wildman–Crippen LogP) is 2.38. The summed E-state index contributed by atoms with van der Waals surface area (Å²) in [5.41, 5.74) is 1.68. The Morgan fingerprint density at radius 1 is 1.30 bits per heavy atom. The number of hydrogen-bond donors (Lipinski definition) is 1. The molecule has 0 aliphatic heterocycles. The zero-order valence-corrected chi connectivity index (χ0v) is 9.87. The Hall–Kier alpha value is -2.82. The van der Waals surface area contributed by atoms with Gasteiger partial charge in [0, 0.05) is 18.1 Å². The van der Waals surface area contributed by atoms with Crippen LogP contribution in [0.2, 0.25) is 0 Å². The van der Waals surface area contributed by atoms with Gasteiger partial charge in [-0.15, -0.1) is 0 Å². The third-order valence-corrected chi connectivity index (χ3v) is 2.04. The maximum Gasteiger partial charge on any atom is 0.490 e. The van der Waals surface area contributed by atoms with Crippen molar-refractivity contribution < 1.29 is 23.1 Å². The summed E-state index contributed by atoms with van der Waals surface area (Å²) in [6.07, 6.45) is 0.223. The Labute approximate surface area is 111 Å². The van der Waals surface area contributed by atoms with Gasteiger partial charge in [-0.05, 0) is 24.3 Å². The number of alkyl halides is 3. The highest BCUT2D eigenvalue weighted by Crippen LogP contribution is 2.13. The molecular formula is C12H8F3N3O2. The third-order valence-electron chi connectivity index (χ3n) is 2.04. The second-order valence-corrected chi connectivity index (χ2v) is 3.43. The Bertz CT molecular complexity index is 598. The van der Waals surface area contributed by atoms with E-state index in [0.717, 1.165) is 5.69 Å².